The predicted octanol–water partition coefficient (Wildman–Crippen LogP) is 4.42. The lowest BCUT2D eigenvalue weighted by Crippen LogP contribution is -2.38. The Hall–Kier alpha value is -2.17. The Kier molecular flexibility index (Phi) is 4.55. The molecule has 3 nitrogen and oxygen atoms in total. The van der Waals surface area contributed by atoms with Crippen molar-refractivity contribution in [2.24, 2.45) is 5.92 Å². The maximum Gasteiger partial charge on any atom is 0.243 e. The van der Waals surface area contributed by atoms with Crippen LogP contribution in [0.3, 0.4) is 0 Å². The van der Waals surface area contributed by atoms with Crippen molar-refractivity contribution in [3.63, 3.8) is 0 Å². The Labute approximate surface area is 155 Å². The number of fused-ring (bicyclic) bond motifs is 1. The van der Waals surface area contributed by atoms with Gasteiger partial charge in [0.1, 0.15) is 0 Å². The average molecular weight is 365 g/mol. The molecule has 0 saturated carbocycles. The fourth-order valence-corrected chi connectivity index (χ4v) is 5.59. The second kappa shape index (κ2) is 6.86. The minimum Gasteiger partial charge on any atom is -0.207 e. The number of hydrogen-bond acceptors (Lipinski definition) is 2. The van der Waals surface area contributed by atoms with Crippen LogP contribution in [0.5, 0.6) is 0 Å². The van der Waals surface area contributed by atoms with E-state index in [9.17, 15) is 8.42 Å². The molecule has 26 heavy (non-hydrogen) atoms. The Morgan fingerprint density at radius 3 is 2.50 bits per heavy atom. The number of allylic oxidation sites excluding steroid dienone is 1. The van der Waals surface area contributed by atoms with E-state index in [1.54, 1.807) is 16.4 Å². The first-order valence-electron chi connectivity index (χ1n) is 9.06. The van der Waals surface area contributed by atoms with Gasteiger partial charge in [-0.2, -0.15) is 4.31 Å². The normalized spacial score (nSPS) is 24.7. The first-order valence-corrected chi connectivity index (χ1v) is 10.5. The van der Waals surface area contributed by atoms with Crippen molar-refractivity contribution in [3.8, 4) is 0 Å². The van der Waals surface area contributed by atoms with E-state index < -0.39 is 10.0 Å². The highest BCUT2D eigenvalue weighted by Crippen LogP contribution is 2.40. The van der Waals surface area contributed by atoms with Crippen LogP contribution in [0.1, 0.15) is 24.0 Å². The molecule has 1 heterocycles. The molecule has 0 bridgehead atoms. The molecule has 0 aromatic heterocycles. The minimum absolute atomic E-state index is 0.0151. The standard InChI is InChI=1S/C22H23NO2S/c1-17-11-13-20(14-12-17)26(24,25)23-16-19(15-18-7-3-2-4-8-18)21-9-5-6-10-22(21)23/h2-5,7-9,11-15,21-22H,6,10,16H2,1H3/b19-15+/t21-,22-/m0/s1. The summed E-state index contributed by atoms with van der Waals surface area (Å²) in [7, 11) is -3.49. The van der Waals surface area contributed by atoms with E-state index in [1.807, 2.05) is 37.3 Å². The molecule has 0 amide bonds. The topological polar surface area (TPSA) is 37.4 Å². The second-order valence-electron chi connectivity index (χ2n) is 7.09. The zero-order valence-electron chi connectivity index (χ0n) is 14.9. The van der Waals surface area contributed by atoms with Crippen LogP contribution in [0, 0.1) is 12.8 Å². The van der Waals surface area contributed by atoms with Gasteiger partial charge in [0.2, 0.25) is 10.0 Å². The maximum atomic E-state index is 13.3. The van der Waals surface area contributed by atoms with E-state index in [-0.39, 0.29) is 12.0 Å². The molecule has 0 unspecified atom stereocenters. The molecule has 2 atom stereocenters. The summed E-state index contributed by atoms with van der Waals surface area (Å²) in [6.07, 6.45) is 8.33. The Morgan fingerprint density at radius 2 is 1.77 bits per heavy atom. The Bertz CT molecular complexity index is 943. The van der Waals surface area contributed by atoms with Crippen LogP contribution in [0.2, 0.25) is 0 Å². The van der Waals surface area contributed by atoms with E-state index in [0.717, 1.165) is 24.0 Å². The van der Waals surface area contributed by atoms with E-state index in [2.05, 4.69) is 30.4 Å². The van der Waals surface area contributed by atoms with Gasteiger partial charge >= 0.3 is 0 Å². The van der Waals surface area contributed by atoms with E-state index >= 15 is 0 Å². The minimum atomic E-state index is -3.49. The first kappa shape index (κ1) is 17.3. The fourth-order valence-electron chi connectivity index (χ4n) is 3.93. The summed E-state index contributed by atoms with van der Waals surface area (Å²) in [6, 6.07) is 17.3. The number of hydrogen-bond donors (Lipinski definition) is 0. The SMILES string of the molecule is Cc1ccc(S(=O)(=O)N2C/C(=C\c3ccccc3)[C@@H]3C=CCC[C@@H]32)cc1. The highest BCUT2D eigenvalue weighted by atomic mass is 32.2. The zero-order valence-corrected chi connectivity index (χ0v) is 15.7. The maximum absolute atomic E-state index is 13.3. The fraction of sp³-hybridized carbons (Fsp3) is 0.273. The van der Waals surface area contributed by atoms with Gasteiger partial charge in [0, 0.05) is 18.5 Å². The van der Waals surface area contributed by atoms with E-state index in [4.69, 9.17) is 0 Å². The summed E-state index contributed by atoms with van der Waals surface area (Å²) < 4.78 is 28.3. The summed E-state index contributed by atoms with van der Waals surface area (Å²) in [5.41, 5.74) is 3.36. The highest BCUT2D eigenvalue weighted by molar-refractivity contribution is 7.89. The van der Waals surface area contributed by atoms with Gasteiger partial charge in [0.05, 0.1) is 4.90 Å². The zero-order chi connectivity index (χ0) is 18.1. The van der Waals surface area contributed by atoms with Gasteiger partial charge < -0.3 is 0 Å². The number of sulfonamides is 1. The predicted molar refractivity (Wildman–Crippen MR) is 105 cm³/mol. The van der Waals surface area contributed by atoms with Crippen LogP contribution < -0.4 is 0 Å². The first-order chi connectivity index (χ1) is 12.6. The third-order valence-electron chi connectivity index (χ3n) is 5.30. The quantitative estimate of drug-likeness (QED) is 0.755. The van der Waals surface area contributed by atoms with Crippen molar-refractivity contribution in [1.82, 2.24) is 4.31 Å². The molecule has 1 saturated heterocycles. The van der Waals surface area contributed by atoms with Gasteiger partial charge in [0.15, 0.2) is 0 Å². The van der Waals surface area contributed by atoms with Crippen molar-refractivity contribution in [2.45, 2.75) is 30.7 Å². The van der Waals surface area contributed by atoms with E-state index in [1.165, 1.54) is 5.57 Å². The molecule has 0 spiro atoms. The third-order valence-corrected chi connectivity index (χ3v) is 7.19. The van der Waals surface area contributed by atoms with Gasteiger partial charge in [-0.25, -0.2) is 8.42 Å². The Morgan fingerprint density at radius 1 is 1.04 bits per heavy atom. The molecule has 0 N–H and O–H groups in total. The van der Waals surface area contributed by atoms with Crippen molar-refractivity contribution < 1.29 is 8.42 Å². The molecule has 2 aliphatic rings. The number of benzene rings is 2. The monoisotopic (exact) mass is 365 g/mol. The van der Waals surface area contributed by atoms with E-state index in [0.29, 0.717) is 11.4 Å². The molecule has 2 aromatic rings. The summed E-state index contributed by atoms with van der Waals surface area (Å²) in [6.45, 7) is 2.43. The van der Waals surface area contributed by atoms with Crippen molar-refractivity contribution in [1.29, 1.82) is 0 Å². The lowest BCUT2D eigenvalue weighted by Gasteiger charge is -2.28. The average Bonchev–Trinajstić information content (AvgIpc) is 3.02. The molecule has 134 valence electrons. The lowest BCUT2D eigenvalue weighted by molar-refractivity contribution is 0.338. The van der Waals surface area contributed by atoms with Crippen LogP contribution in [0.15, 0.2) is 77.2 Å². The van der Waals surface area contributed by atoms with Crippen molar-refractivity contribution in [2.75, 3.05) is 6.54 Å². The number of nitrogens with zero attached hydrogens (tertiary/aromatic N) is 1. The summed E-state index contributed by atoms with van der Waals surface area (Å²) in [5.74, 6) is 0.171. The van der Waals surface area contributed by atoms with Gasteiger partial charge in [-0.05, 0) is 43.0 Å². The van der Waals surface area contributed by atoms with Crippen LogP contribution in [0.25, 0.3) is 6.08 Å². The number of aryl methyl sites for hydroxylation is 1. The van der Waals surface area contributed by atoms with Crippen LogP contribution in [-0.4, -0.2) is 25.3 Å². The van der Waals surface area contributed by atoms with Crippen LogP contribution in [-0.2, 0) is 10.0 Å². The van der Waals surface area contributed by atoms with Crippen LogP contribution in [0.4, 0.5) is 0 Å². The molecule has 2 aromatic carbocycles. The molecule has 4 heteroatoms. The van der Waals surface area contributed by atoms with Gasteiger partial charge in [-0.3, -0.25) is 0 Å². The summed E-state index contributed by atoms with van der Waals surface area (Å²) in [5, 5.41) is 0. The molecular formula is C22H23NO2S. The largest absolute Gasteiger partial charge is 0.243 e. The summed E-state index contributed by atoms with van der Waals surface area (Å²) in [4.78, 5) is 0.386. The molecule has 1 fully saturated rings. The van der Waals surface area contributed by atoms with Gasteiger partial charge in [0.25, 0.3) is 0 Å². The lowest BCUT2D eigenvalue weighted by atomic mass is 9.87. The second-order valence-corrected chi connectivity index (χ2v) is 8.98. The number of rotatable bonds is 3. The van der Waals surface area contributed by atoms with Crippen molar-refractivity contribution in [3.05, 3.63) is 83.4 Å². The molecule has 1 aliphatic heterocycles. The molecule has 1 aliphatic carbocycles. The van der Waals surface area contributed by atoms with Gasteiger partial charge in [-0.15, -0.1) is 0 Å². The molecular weight excluding hydrogens is 342 g/mol. The highest BCUT2D eigenvalue weighted by Gasteiger charge is 2.43. The Balaban J connectivity index is 1.72. The summed E-state index contributed by atoms with van der Waals surface area (Å²) >= 11 is 0. The smallest absolute Gasteiger partial charge is 0.207 e. The van der Waals surface area contributed by atoms with Crippen molar-refractivity contribution >= 4 is 16.1 Å². The molecule has 0 radical (unpaired) electrons. The van der Waals surface area contributed by atoms with Gasteiger partial charge in [-0.1, -0.05) is 66.3 Å². The third kappa shape index (κ3) is 3.15. The van der Waals surface area contributed by atoms with Crippen LogP contribution >= 0.6 is 0 Å². The molecule has 4 rings (SSSR count).